The topological polar surface area (TPSA) is 70.2 Å². The minimum Gasteiger partial charge on any atom is -0.481 e. The second-order valence-electron chi connectivity index (χ2n) is 5.92. The van der Waals surface area contributed by atoms with Crippen molar-refractivity contribution in [2.24, 2.45) is 5.92 Å². The van der Waals surface area contributed by atoms with Gasteiger partial charge >= 0.3 is 6.18 Å². The van der Waals surface area contributed by atoms with Gasteiger partial charge in [-0.1, -0.05) is 13.8 Å². The summed E-state index contributed by atoms with van der Waals surface area (Å²) >= 11 is 0. The zero-order valence-corrected chi connectivity index (χ0v) is 13.2. The molecule has 0 fully saturated rings. The summed E-state index contributed by atoms with van der Waals surface area (Å²) in [5.74, 6) is 0.105. The Bertz CT molecular complexity index is 670. The van der Waals surface area contributed by atoms with Crippen molar-refractivity contribution in [1.29, 1.82) is 0 Å². The predicted molar refractivity (Wildman–Crippen MR) is 79.9 cm³/mol. The standard InChI is InChI=1S/C15H20F3N3O2/c1-9(2)6-14(22,15(16,17)18)20-7-11-4-10-5-13(23-3)19-8-12(10)21-11/h4-5,8-9,20-22H,6-7H2,1-3H3. The first-order valence-corrected chi connectivity index (χ1v) is 7.20. The summed E-state index contributed by atoms with van der Waals surface area (Å²) < 4.78 is 44.4. The Hall–Kier alpha value is -1.80. The summed E-state index contributed by atoms with van der Waals surface area (Å²) in [6, 6.07) is 3.37. The number of hydrogen-bond donors (Lipinski definition) is 3. The van der Waals surface area contributed by atoms with Gasteiger partial charge in [0.05, 0.1) is 18.8 Å². The molecule has 0 aliphatic carbocycles. The molecule has 128 valence electrons. The molecule has 0 bridgehead atoms. The Morgan fingerprint density at radius 1 is 1.35 bits per heavy atom. The fraction of sp³-hybridized carbons (Fsp3) is 0.533. The molecule has 2 aromatic heterocycles. The first-order chi connectivity index (χ1) is 10.6. The number of ether oxygens (including phenoxy) is 1. The molecule has 2 rings (SSSR count). The van der Waals surface area contributed by atoms with E-state index in [0.29, 0.717) is 17.1 Å². The van der Waals surface area contributed by atoms with Crippen molar-refractivity contribution in [3.8, 4) is 5.88 Å². The zero-order valence-electron chi connectivity index (χ0n) is 13.2. The van der Waals surface area contributed by atoms with Gasteiger partial charge in [-0.2, -0.15) is 13.2 Å². The molecule has 0 radical (unpaired) electrons. The van der Waals surface area contributed by atoms with Crippen molar-refractivity contribution >= 4 is 10.9 Å². The molecule has 0 aliphatic rings. The molecule has 0 aliphatic heterocycles. The lowest BCUT2D eigenvalue weighted by Crippen LogP contribution is -2.57. The van der Waals surface area contributed by atoms with Crippen LogP contribution in [0, 0.1) is 5.92 Å². The Balaban J connectivity index is 2.17. The van der Waals surface area contributed by atoms with Crippen LogP contribution in [0.15, 0.2) is 18.3 Å². The van der Waals surface area contributed by atoms with Crippen molar-refractivity contribution in [1.82, 2.24) is 15.3 Å². The van der Waals surface area contributed by atoms with Crippen LogP contribution in [-0.2, 0) is 6.54 Å². The van der Waals surface area contributed by atoms with Gasteiger partial charge in [-0.25, -0.2) is 4.98 Å². The second-order valence-corrected chi connectivity index (χ2v) is 5.92. The van der Waals surface area contributed by atoms with Gasteiger partial charge in [-0.05, 0) is 12.0 Å². The molecule has 5 nitrogen and oxygen atoms in total. The van der Waals surface area contributed by atoms with Crippen LogP contribution < -0.4 is 10.1 Å². The minimum atomic E-state index is -4.76. The fourth-order valence-corrected chi connectivity index (χ4v) is 2.40. The molecule has 1 atom stereocenters. The maximum absolute atomic E-state index is 13.1. The van der Waals surface area contributed by atoms with Gasteiger partial charge in [0.25, 0.3) is 0 Å². The van der Waals surface area contributed by atoms with Gasteiger partial charge in [0.2, 0.25) is 11.6 Å². The predicted octanol–water partition coefficient (Wildman–Crippen LogP) is 2.96. The highest BCUT2D eigenvalue weighted by molar-refractivity contribution is 5.80. The molecule has 0 saturated carbocycles. The van der Waals surface area contributed by atoms with E-state index in [4.69, 9.17) is 4.74 Å². The molecule has 1 unspecified atom stereocenters. The normalized spacial score (nSPS) is 15.1. The lowest BCUT2D eigenvalue weighted by Gasteiger charge is -2.32. The number of aromatic amines is 1. The van der Waals surface area contributed by atoms with Crippen molar-refractivity contribution in [3.63, 3.8) is 0 Å². The van der Waals surface area contributed by atoms with E-state index >= 15 is 0 Å². The molecular formula is C15H20F3N3O2. The Morgan fingerprint density at radius 2 is 2.04 bits per heavy atom. The highest BCUT2D eigenvalue weighted by atomic mass is 19.4. The van der Waals surface area contributed by atoms with Crippen LogP contribution in [0.1, 0.15) is 26.0 Å². The number of rotatable bonds is 6. The lowest BCUT2D eigenvalue weighted by atomic mass is 9.99. The Labute approximate surface area is 131 Å². The number of hydrogen-bond acceptors (Lipinski definition) is 4. The van der Waals surface area contributed by atoms with Gasteiger partial charge in [-0.15, -0.1) is 0 Å². The van der Waals surface area contributed by atoms with Crippen molar-refractivity contribution < 1.29 is 23.0 Å². The molecule has 0 spiro atoms. The third-order valence-electron chi connectivity index (χ3n) is 3.49. The fourth-order valence-electron chi connectivity index (χ4n) is 2.40. The lowest BCUT2D eigenvalue weighted by molar-refractivity contribution is -0.279. The highest BCUT2D eigenvalue weighted by Crippen LogP contribution is 2.33. The Kier molecular flexibility index (Phi) is 4.86. The minimum absolute atomic E-state index is 0.153. The van der Waals surface area contributed by atoms with E-state index in [1.165, 1.54) is 7.11 Å². The molecule has 2 heterocycles. The number of nitrogens with one attached hydrogen (secondary N) is 2. The van der Waals surface area contributed by atoms with Gasteiger partial charge in [0, 0.05) is 30.1 Å². The van der Waals surface area contributed by atoms with E-state index in [1.54, 1.807) is 32.2 Å². The molecule has 2 aromatic rings. The Morgan fingerprint density at radius 3 is 2.61 bits per heavy atom. The van der Waals surface area contributed by atoms with E-state index in [0.717, 1.165) is 5.39 Å². The van der Waals surface area contributed by atoms with Crippen LogP contribution >= 0.6 is 0 Å². The maximum Gasteiger partial charge on any atom is 0.430 e. The smallest absolute Gasteiger partial charge is 0.430 e. The van der Waals surface area contributed by atoms with Crippen LogP contribution in [0.2, 0.25) is 0 Å². The van der Waals surface area contributed by atoms with Gasteiger partial charge in [0.1, 0.15) is 0 Å². The van der Waals surface area contributed by atoms with Crippen LogP contribution in [-0.4, -0.2) is 34.1 Å². The van der Waals surface area contributed by atoms with E-state index in [-0.39, 0.29) is 12.5 Å². The molecule has 0 amide bonds. The summed E-state index contributed by atoms with van der Waals surface area (Å²) in [6.45, 7) is 3.10. The SMILES string of the molecule is COc1cc2cc(CNC(O)(CC(C)C)C(F)(F)F)[nH]c2cn1. The van der Waals surface area contributed by atoms with Gasteiger partial charge < -0.3 is 14.8 Å². The highest BCUT2D eigenvalue weighted by Gasteiger charge is 2.53. The zero-order chi connectivity index (χ0) is 17.3. The monoisotopic (exact) mass is 331 g/mol. The number of methoxy groups -OCH3 is 1. The van der Waals surface area contributed by atoms with Crippen molar-refractivity contribution in [3.05, 3.63) is 24.0 Å². The van der Waals surface area contributed by atoms with Crippen LogP contribution in [0.5, 0.6) is 5.88 Å². The van der Waals surface area contributed by atoms with Crippen molar-refractivity contribution in [2.75, 3.05) is 7.11 Å². The molecule has 0 aromatic carbocycles. The summed E-state index contributed by atoms with van der Waals surface area (Å²) in [5, 5.41) is 12.9. The average Bonchev–Trinajstić information content (AvgIpc) is 2.85. The summed E-state index contributed by atoms with van der Waals surface area (Å²) in [7, 11) is 1.48. The molecular weight excluding hydrogens is 311 g/mol. The molecule has 3 N–H and O–H groups in total. The van der Waals surface area contributed by atoms with Gasteiger partial charge in [0.15, 0.2) is 0 Å². The summed E-state index contributed by atoms with van der Waals surface area (Å²) in [4.78, 5) is 6.99. The quantitative estimate of drug-likeness (QED) is 0.712. The number of aromatic nitrogens is 2. The third-order valence-corrected chi connectivity index (χ3v) is 3.49. The number of fused-ring (bicyclic) bond motifs is 1. The number of aliphatic hydroxyl groups is 1. The van der Waals surface area contributed by atoms with Crippen LogP contribution in [0.4, 0.5) is 13.2 Å². The van der Waals surface area contributed by atoms with Crippen LogP contribution in [0.25, 0.3) is 10.9 Å². The van der Waals surface area contributed by atoms with E-state index in [9.17, 15) is 18.3 Å². The number of H-pyrrole nitrogens is 1. The molecule has 0 saturated heterocycles. The first kappa shape index (κ1) is 17.6. The van der Waals surface area contributed by atoms with Gasteiger partial charge in [-0.3, -0.25) is 5.32 Å². The van der Waals surface area contributed by atoms with Crippen LogP contribution in [0.3, 0.4) is 0 Å². The van der Waals surface area contributed by atoms with Crippen molar-refractivity contribution in [2.45, 2.75) is 38.7 Å². The average molecular weight is 331 g/mol. The third kappa shape index (κ3) is 3.94. The molecule has 8 heteroatoms. The van der Waals surface area contributed by atoms with E-state index < -0.39 is 18.3 Å². The largest absolute Gasteiger partial charge is 0.481 e. The maximum atomic E-state index is 13.1. The van der Waals surface area contributed by atoms with E-state index in [1.807, 2.05) is 0 Å². The second kappa shape index (κ2) is 6.37. The number of pyridine rings is 1. The summed E-state index contributed by atoms with van der Waals surface area (Å²) in [6.07, 6.45) is -3.64. The molecule has 23 heavy (non-hydrogen) atoms. The number of halogens is 3. The number of alkyl halides is 3. The number of nitrogens with zero attached hydrogens (tertiary/aromatic N) is 1. The first-order valence-electron chi connectivity index (χ1n) is 7.20. The summed E-state index contributed by atoms with van der Waals surface area (Å²) in [5.41, 5.74) is -1.72. The van der Waals surface area contributed by atoms with E-state index in [2.05, 4.69) is 15.3 Å².